The third kappa shape index (κ3) is 3.47. The van der Waals surface area contributed by atoms with Crippen LogP contribution in [0.25, 0.3) is 21.5 Å². The summed E-state index contributed by atoms with van der Waals surface area (Å²) in [6.07, 6.45) is 1.40. The van der Waals surface area contributed by atoms with Crippen molar-refractivity contribution >= 4 is 28.3 Å². The minimum absolute atomic E-state index is 0.0629. The Morgan fingerprint density at radius 2 is 2.06 bits per heavy atom. The third-order valence-electron chi connectivity index (χ3n) is 6.21. The maximum Gasteiger partial charge on any atom is 0.274 e. The van der Waals surface area contributed by atoms with Crippen LogP contribution in [-0.2, 0) is 5.54 Å². The van der Waals surface area contributed by atoms with Crippen molar-refractivity contribution in [3.05, 3.63) is 64.6 Å². The zero-order chi connectivity index (χ0) is 23.3. The number of nitrogens with one attached hydrogen (secondary N) is 1. The van der Waals surface area contributed by atoms with Gasteiger partial charge in [0.2, 0.25) is 0 Å². The lowest BCUT2D eigenvalue weighted by atomic mass is 9.97. The fraction of sp³-hybridized carbons (Fsp3) is 0.292. The number of nitrogens with zero attached hydrogens (tertiary/aromatic N) is 3. The predicted molar refractivity (Wildman–Crippen MR) is 122 cm³/mol. The molecule has 3 heterocycles. The van der Waals surface area contributed by atoms with E-state index in [2.05, 4.69) is 15.0 Å². The summed E-state index contributed by atoms with van der Waals surface area (Å²) in [5.74, 6) is -1.04. The highest BCUT2D eigenvalue weighted by molar-refractivity contribution is 7.15. The predicted octanol–water partition coefficient (Wildman–Crippen LogP) is 5.43. The lowest BCUT2D eigenvalue weighted by molar-refractivity contribution is 0.0601. The number of likely N-dealkylation sites (tertiary alicyclic amines) is 1. The Bertz CT molecular complexity index is 1380. The van der Waals surface area contributed by atoms with Crippen molar-refractivity contribution in [1.29, 1.82) is 0 Å². The van der Waals surface area contributed by atoms with E-state index in [1.807, 2.05) is 38.1 Å². The zero-order valence-electron chi connectivity index (χ0n) is 18.4. The minimum Gasteiger partial charge on any atom is -0.497 e. The highest BCUT2D eigenvalue weighted by Gasteiger charge is 2.45. The molecule has 0 unspecified atom stereocenters. The Morgan fingerprint density at radius 3 is 2.85 bits per heavy atom. The lowest BCUT2D eigenvalue weighted by Gasteiger charge is -2.33. The van der Waals surface area contributed by atoms with Gasteiger partial charge < -0.3 is 14.6 Å². The minimum atomic E-state index is -0.995. The molecule has 0 bridgehead atoms. The number of halogens is 2. The molecule has 5 rings (SSSR count). The van der Waals surface area contributed by atoms with E-state index in [0.717, 1.165) is 27.9 Å². The lowest BCUT2D eigenvalue weighted by Crippen LogP contribution is -2.44. The number of ether oxygens (including phenoxy) is 1. The molecule has 170 valence electrons. The second-order valence-electron chi connectivity index (χ2n) is 8.32. The number of H-pyrrole nitrogens is 1. The van der Waals surface area contributed by atoms with Gasteiger partial charge in [-0.1, -0.05) is 12.1 Å². The number of amides is 1. The zero-order valence-corrected chi connectivity index (χ0v) is 19.2. The molecule has 1 saturated heterocycles. The number of imidazole rings is 1. The molecule has 1 fully saturated rings. The first-order valence-corrected chi connectivity index (χ1v) is 11.4. The third-order valence-corrected chi connectivity index (χ3v) is 7.23. The van der Waals surface area contributed by atoms with Crippen molar-refractivity contribution in [2.75, 3.05) is 13.7 Å². The first-order chi connectivity index (χ1) is 15.8. The fourth-order valence-electron chi connectivity index (χ4n) is 4.47. The normalized spacial score (nSPS) is 18.3. The number of benzene rings is 2. The van der Waals surface area contributed by atoms with Crippen LogP contribution in [0.1, 0.15) is 41.1 Å². The van der Waals surface area contributed by atoms with E-state index in [9.17, 15) is 13.6 Å². The summed E-state index contributed by atoms with van der Waals surface area (Å²) in [4.78, 5) is 28.3. The molecule has 1 N–H and O–H groups in total. The van der Waals surface area contributed by atoms with E-state index >= 15 is 0 Å². The topological polar surface area (TPSA) is 71.1 Å². The molecular weight excluding hydrogens is 446 g/mol. The maximum absolute atomic E-state index is 14.3. The number of hydrogen-bond acceptors (Lipinski definition) is 5. The van der Waals surface area contributed by atoms with E-state index in [-0.39, 0.29) is 11.4 Å². The maximum atomic E-state index is 14.3. The van der Waals surface area contributed by atoms with Crippen LogP contribution in [-0.4, -0.2) is 39.4 Å². The van der Waals surface area contributed by atoms with Gasteiger partial charge in [0, 0.05) is 6.54 Å². The van der Waals surface area contributed by atoms with Crippen molar-refractivity contribution in [1.82, 2.24) is 19.9 Å². The van der Waals surface area contributed by atoms with E-state index in [4.69, 9.17) is 4.74 Å². The number of aryl methyl sites for hydroxylation is 1. The Morgan fingerprint density at radius 1 is 1.24 bits per heavy atom. The largest absolute Gasteiger partial charge is 0.497 e. The van der Waals surface area contributed by atoms with Crippen LogP contribution < -0.4 is 4.74 Å². The van der Waals surface area contributed by atoms with E-state index < -0.39 is 17.2 Å². The molecule has 1 aliphatic rings. The molecule has 1 atom stereocenters. The summed E-state index contributed by atoms with van der Waals surface area (Å²) in [6.45, 7) is 4.27. The molecule has 0 aliphatic carbocycles. The number of aromatic nitrogens is 3. The molecule has 1 amide bonds. The Hall–Kier alpha value is -3.33. The Kier molecular flexibility index (Phi) is 5.16. The highest BCUT2D eigenvalue weighted by atomic mass is 32.1. The van der Waals surface area contributed by atoms with Crippen molar-refractivity contribution in [3.8, 4) is 16.2 Å². The summed E-state index contributed by atoms with van der Waals surface area (Å²) in [6, 6.07) is 10.0. The van der Waals surface area contributed by atoms with Gasteiger partial charge >= 0.3 is 0 Å². The summed E-state index contributed by atoms with van der Waals surface area (Å²) < 4.78 is 33.3. The number of thiazole rings is 1. The van der Waals surface area contributed by atoms with Gasteiger partial charge in [-0.3, -0.25) is 4.79 Å². The average molecular weight is 469 g/mol. The molecule has 9 heteroatoms. The number of rotatable bonds is 4. The van der Waals surface area contributed by atoms with Crippen LogP contribution in [0.3, 0.4) is 0 Å². The van der Waals surface area contributed by atoms with Crippen molar-refractivity contribution in [2.24, 2.45) is 0 Å². The van der Waals surface area contributed by atoms with Crippen LogP contribution in [0.2, 0.25) is 0 Å². The number of aromatic amines is 1. The molecule has 2 aromatic heterocycles. The number of carbonyl (C=O) groups is 1. The number of carbonyl (C=O) groups excluding carboxylic acids is 1. The molecule has 33 heavy (non-hydrogen) atoms. The summed E-state index contributed by atoms with van der Waals surface area (Å²) >= 11 is 1.45. The van der Waals surface area contributed by atoms with Crippen LogP contribution in [0.5, 0.6) is 5.75 Å². The second-order valence-corrected chi connectivity index (χ2v) is 9.52. The van der Waals surface area contributed by atoms with Gasteiger partial charge in [-0.25, -0.2) is 18.7 Å². The number of methoxy groups -OCH3 is 1. The van der Waals surface area contributed by atoms with Crippen LogP contribution in [0.4, 0.5) is 8.78 Å². The van der Waals surface area contributed by atoms with Gasteiger partial charge in [-0.2, -0.15) is 0 Å². The summed E-state index contributed by atoms with van der Waals surface area (Å²) in [7, 11) is 1.60. The Labute approximate surface area is 193 Å². The highest BCUT2D eigenvalue weighted by Crippen LogP contribution is 2.41. The van der Waals surface area contributed by atoms with Gasteiger partial charge in [0.15, 0.2) is 11.6 Å². The van der Waals surface area contributed by atoms with Gasteiger partial charge in [-0.05, 0) is 56.5 Å². The van der Waals surface area contributed by atoms with Gasteiger partial charge in [0.05, 0.1) is 28.1 Å². The molecular formula is C24H22F2N4O2S. The molecule has 4 aromatic rings. The van der Waals surface area contributed by atoms with E-state index in [1.54, 1.807) is 12.0 Å². The monoisotopic (exact) mass is 468 g/mol. The van der Waals surface area contributed by atoms with Gasteiger partial charge in [0.1, 0.15) is 22.8 Å². The molecule has 2 aromatic carbocycles. The average Bonchev–Trinajstić information content (AvgIpc) is 3.53. The molecule has 0 spiro atoms. The van der Waals surface area contributed by atoms with Crippen molar-refractivity contribution in [3.63, 3.8) is 0 Å². The van der Waals surface area contributed by atoms with Crippen molar-refractivity contribution in [2.45, 2.75) is 32.2 Å². The van der Waals surface area contributed by atoms with E-state index in [0.29, 0.717) is 35.8 Å². The SMILES string of the molecule is COc1cccc(-c2sc(C)nc2C(=O)N2CCC[C@@]2(C)c2nc3c(F)c(F)ccc3[nH]2)c1. The molecule has 0 radical (unpaired) electrons. The first-order valence-electron chi connectivity index (χ1n) is 10.6. The van der Waals surface area contributed by atoms with Crippen LogP contribution >= 0.6 is 11.3 Å². The fourth-order valence-corrected chi connectivity index (χ4v) is 5.37. The summed E-state index contributed by atoms with van der Waals surface area (Å²) in [5.41, 5.74) is 0.748. The quantitative estimate of drug-likeness (QED) is 0.433. The van der Waals surface area contributed by atoms with E-state index in [1.165, 1.54) is 17.4 Å². The molecule has 0 saturated carbocycles. The molecule has 1 aliphatic heterocycles. The first kappa shape index (κ1) is 21.5. The number of fused-ring (bicyclic) bond motifs is 1. The Balaban J connectivity index is 1.56. The van der Waals surface area contributed by atoms with Crippen molar-refractivity contribution < 1.29 is 18.3 Å². The standard InChI is InChI=1S/C24H22F2N4O2S/c1-13-27-20(21(33-13)14-6-4-7-15(12-14)32-3)22(31)30-11-5-10-24(30,2)23-28-17-9-8-16(25)18(26)19(17)29-23/h4,6-9,12H,5,10-11H2,1-3H3,(H,28,29)/t24-/m0/s1. The van der Waals surface area contributed by atoms with Crippen LogP contribution in [0.15, 0.2) is 36.4 Å². The number of hydrogen-bond donors (Lipinski definition) is 1. The smallest absolute Gasteiger partial charge is 0.274 e. The van der Waals surface area contributed by atoms with Gasteiger partial charge in [0.25, 0.3) is 5.91 Å². The molecule has 6 nitrogen and oxygen atoms in total. The van der Waals surface area contributed by atoms with Gasteiger partial charge in [-0.15, -0.1) is 11.3 Å². The summed E-state index contributed by atoms with van der Waals surface area (Å²) in [5, 5.41) is 0.776. The second kappa shape index (κ2) is 7.91. The van der Waals surface area contributed by atoms with Crippen LogP contribution in [0, 0.1) is 18.6 Å².